The van der Waals surface area contributed by atoms with E-state index in [1.165, 1.54) is 0 Å². The Morgan fingerprint density at radius 3 is 2.28 bits per heavy atom. The maximum Gasteiger partial charge on any atom is 0.191 e. The van der Waals surface area contributed by atoms with Crippen LogP contribution in [-0.4, -0.2) is 25.6 Å². The fraction of sp³-hybridized carbons (Fsp3) is 0.533. The highest BCUT2D eigenvalue weighted by atomic mass is 16.5. The van der Waals surface area contributed by atoms with Crippen LogP contribution in [0.4, 0.5) is 0 Å². The lowest BCUT2D eigenvalue weighted by Gasteiger charge is -2.13. The molecule has 1 rings (SSSR count). The number of hydrogen-bond donors (Lipinski definition) is 0. The van der Waals surface area contributed by atoms with E-state index in [1.54, 1.807) is 38.3 Å². The van der Waals surface area contributed by atoms with E-state index in [9.17, 15) is 4.79 Å². The molecule has 0 bridgehead atoms. The molecule has 0 spiro atoms. The van der Waals surface area contributed by atoms with E-state index in [-0.39, 0.29) is 5.78 Å². The minimum absolute atomic E-state index is 0.0152. The molecule has 0 aliphatic heterocycles. The summed E-state index contributed by atoms with van der Waals surface area (Å²) >= 11 is 0. The molecule has 0 fully saturated rings. The monoisotopic (exact) mass is 250 g/mol. The first-order chi connectivity index (χ1) is 8.54. The Morgan fingerprint density at radius 2 is 1.78 bits per heavy atom. The second-order valence-electron chi connectivity index (χ2n) is 4.79. The Balaban J connectivity index is 2.51. The van der Waals surface area contributed by atoms with Crippen LogP contribution in [-0.2, 0) is 4.74 Å². The zero-order valence-corrected chi connectivity index (χ0v) is 11.6. The van der Waals surface area contributed by atoms with Gasteiger partial charge in [-0.15, -0.1) is 0 Å². The van der Waals surface area contributed by atoms with Crippen LogP contribution in [0, 0.1) is 5.92 Å². The van der Waals surface area contributed by atoms with Crippen LogP contribution >= 0.6 is 0 Å². The highest BCUT2D eigenvalue weighted by Gasteiger charge is 2.15. The third kappa shape index (κ3) is 4.49. The summed E-state index contributed by atoms with van der Waals surface area (Å²) in [5, 5.41) is 0. The zero-order valence-electron chi connectivity index (χ0n) is 11.6. The van der Waals surface area contributed by atoms with Crippen LogP contribution in [0.25, 0.3) is 0 Å². The standard InChI is InChI=1S/C15H22O3/c1-11(2)9-10-18-12(3)15(16)13-5-7-14(17-4)8-6-13/h5-8,11-12H,9-10H2,1-4H3. The lowest BCUT2D eigenvalue weighted by molar-refractivity contribution is 0.0443. The molecule has 0 aliphatic carbocycles. The normalized spacial score (nSPS) is 12.5. The van der Waals surface area contributed by atoms with E-state index < -0.39 is 6.10 Å². The summed E-state index contributed by atoms with van der Waals surface area (Å²) in [6.07, 6.45) is 0.581. The Hall–Kier alpha value is -1.35. The minimum atomic E-state index is -0.392. The number of Topliss-reactive ketones (excluding diaryl/α,β-unsaturated/α-hetero) is 1. The Labute approximate surface area is 109 Å². The van der Waals surface area contributed by atoms with E-state index in [4.69, 9.17) is 9.47 Å². The van der Waals surface area contributed by atoms with Gasteiger partial charge in [0.05, 0.1) is 7.11 Å². The van der Waals surface area contributed by atoms with Gasteiger partial charge in [0, 0.05) is 12.2 Å². The van der Waals surface area contributed by atoms with E-state index in [0.717, 1.165) is 12.2 Å². The van der Waals surface area contributed by atoms with Gasteiger partial charge < -0.3 is 9.47 Å². The second-order valence-corrected chi connectivity index (χ2v) is 4.79. The Morgan fingerprint density at radius 1 is 1.17 bits per heavy atom. The van der Waals surface area contributed by atoms with E-state index in [2.05, 4.69) is 13.8 Å². The molecule has 0 radical (unpaired) electrons. The zero-order chi connectivity index (χ0) is 13.5. The average Bonchev–Trinajstić information content (AvgIpc) is 2.37. The van der Waals surface area contributed by atoms with Crippen molar-refractivity contribution in [1.29, 1.82) is 0 Å². The summed E-state index contributed by atoms with van der Waals surface area (Å²) in [7, 11) is 1.61. The summed E-state index contributed by atoms with van der Waals surface area (Å²) in [6, 6.07) is 7.11. The van der Waals surface area contributed by atoms with Crippen LogP contribution in [0.1, 0.15) is 37.6 Å². The van der Waals surface area contributed by atoms with Crippen molar-refractivity contribution in [3.8, 4) is 5.75 Å². The van der Waals surface area contributed by atoms with Gasteiger partial charge in [-0.25, -0.2) is 0 Å². The van der Waals surface area contributed by atoms with E-state index >= 15 is 0 Å². The number of carbonyl (C=O) groups is 1. The highest BCUT2D eigenvalue weighted by Crippen LogP contribution is 2.14. The summed E-state index contributed by atoms with van der Waals surface area (Å²) in [5.74, 6) is 1.36. The molecule has 100 valence electrons. The molecule has 1 unspecified atom stereocenters. The van der Waals surface area contributed by atoms with Crippen molar-refractivity contribution >= 4 is 5.78 Å². The smallest absolute Gasteiger partial charge is 0.191 e. The van der Waals surface area contributed by atoms with Gasteiger partial charge in [-0.1, -0.05) is 13.8 Å². The van der Waals surface area contributed by atoms with E-state index in [0.29, 0.717) is 18.1 Å². The fourth-order valence-electron chi connectivity index (χ4n) is 1.55. The number of hydrogen-bond acceptors (Lipinski definition) is 3. The van der Waals surface area contributed by atoms with Gasteiger partial charge in [-0.2, -0.15) is 0 Å². The molecule has 0 saturated carbocycles. The van der Waals surface area contributed by atoms with Crippen molar-refractivity contribution < 1.29 is 14.3 Å². The third-order valence-corrected chi connectivity index (χ3v) is 2.81. The van der Waals surface area contributed by atoms with Crippen LogP contribution < -0.4 is 4.74 Å². The SMILES string of the molecule is COc1ccc(C(=O)C(C)OCCC(C)C)cc1. The largest absolute Gasteiger partial charge is 0.497 e. The van der Waals surface area contributed by atoms with Crippen molar-refractivity contribution in [1.82, 2.24) is 0 Å². The maximum absolute atomic E-state index is 12.1. The summed E-state index contributed by atoms with van der Waals surface area (Å²) < 4.78 is 10.6. The highest BCUT2D eigenvalue weighted by molar-refractivity contribution is 5.99. The van der Waals surface area contributed by atoms with E-state index in [1.807, 2.05) is 0 Å². The van der Waals surface area contributed by atoms with Gasteiger partial charge in [-0.3, -0.25) is 4.79 Å². The van der Waals surface area contributed by atoms with Crippen molar-refractivity contribution in [3.63, 3.8) is 0 Å². The van der Waals surface area contributed by atoms with Gasteiger partial charge in [0.25, 0.3) is 0 Å². The number of methoxy groups -OCH3 is 1. The summed E-state index contributed by atoms with van der Waals surface area (Å²) in [5.41, 5.74) is 0.660. The topological polar surface area (TPSA) is 35.5 Å². The van der Waals surface area contributed by atoms with Crippen molar-refractivity contribution in [2.75, 3.05) is 13.7 Å². The maximum atomic E-state index is 12.1. The van der Waals surface area contributed by atoms with Crippen molar-refractivity contribution in [2.45, 2.75) is 33.3 Å². The molecule has 1 aromatic rings. The summed E-state index contributed by atoms with van der Waals surface area (Å²) in [6.45, 7) is 6.70. The number of benzene rings is 1. The number of rotatable bonds is 7. The van der Waals surface area contributed by atoms with Crippen LogP contribution in [0.15, 0.2) is 24.3 Å². The molecular formula is C15H22O3. The van der Waals surface area contributed by atoms with Gasteiger partial charge in [0.1, 0.15) is 11.9 Å². The third-order valence-electron chi connectivity index (χ3n) is 2.81. The molecule has 0 amide bonds. The van der Waals surface area contributed by atoms with Gasteiger partial charge >= 0.3 is 0 Å². The number of carbonyl (C=O) groups excluding carboxylic acids is 1. The molecule has 0 aliphatic rings. The summed E-state index contributed by atoms with van der Waals surface area (Å²) in [4.78, 5) is 12.1. The van der Waals surface area contributed by atoms with Crippen molar-refractivity contribution in [2.24, 2.45) is 5.92 Å². The molecular weight excluding hydrogens is 228 g/mol. The first-order valence-corrected chi connectivity index (χ1v) is 6.34. The Kier molecular flexibility index (Phi) is 5.86. The number of ether oxygens (including phenoxy) is 2. The number of ketones is 1. The van der Waals surface area contributed by atoms with Crippen molar-refractivity contribution in [3.05, 3.63) is 29.8 Å². The lowest BCUT2D eigenvalue weighted by Crippen LogP contribution is -2.21. The molecule has 3 nitrogen and oxygen atoms in total. The first kappa shape index (κ1) is 14.7. The quantitative estimate of drug-likeness (QED) is 0.696. The molecule has 3 heteroatoms. The second kappa shape index (κ2) is 7.17. The van der Waals surface area contributed by atoms with Crippen LogP contribution in [0.5, 0.6) is 5.75 Å². The lowest BCUT2D eigenvalue weighted by atomic mass is 10.1. The van der Waals surface area contributed by atoms with Crippen LogP contribution in [0.2, 0.25) is 0 Å². The minimum Gasteiger partial charge on any atom is -0.497 e. The Bertz CT molecular complexity index is 368. The average molecular weight is 250 g/mol. The molecule has 1 atom stereocenters. The molecule has 0 aromatic heterocycles. The molecule has 0 saturated heterocycles. The van der Waals surface area contributed by atoms with Gasteiger partial charge in [0.15, 0.2) is 5.78 Å². The first-order valence-electron chi connectivity index (χ1n) is 6.34. The molecule has 0 N–H and O–H groups in total. The molecule has 18 heavy (non-hydrogen) atoms. The predicted octanol–water partition coefficient (Wildman–Crippen LogP) is 3.33. The van der Waals surface area contributed by atoms with Gasteiger partial charge in [-0.05, 0) is 43.5 Å². The van der Waals surface area contributed by atoms with Crippen LogP contribution in [0.3, 0.4) is 0 Å². The molecule has 1 aromatic carbocycles. The molecule has 0 heterocycles. The van der Waals surface area contributed by atoms with Gasteiger partial charge in [0.2, 0.25) is 0 Å². The predicted molar refractivity (Wildman–Crippen MR) is 72.2 cm³/mol. The fourth-order valence-corrected chi connectivity index (χ4v) is 1.55.